The van der Waals surface area contributed by atoms with Crippen molar-refractivity contribution in [2.75, 3.05) is 13.2 Å². The van der Waals surface area contributed by atoms with Gasteiger partial charge in [0.05, 0.1) is 5.41 Å². The molecule has 1 amide bonds. The molecule has 26 heavy (non-hydrogen) atoms. The average molecular weight is 372 g/mol. The van der Waals surface area contributed by atoms with Crippen LogP contribution in [-0.2, 0) is 16.8 Å². The number of benzene rings is 2. The van der Waals surface area contributed by atoms with E-state index >= 15 is 0 Å². The van der Waals surface area contributed by atoms with E-state index in [1.807, 2.05) is 42.5 Å². The molecule has 2 aromatic carbocycles. The van der Waals surface area contributed by atoms with Crippen LogP contribution in [-0.4, -0.2) is 19.1 Å². The Balaban J connectivity index is 1.54. The molecule has 2 aromatic rings. The van der Waals surface area contributed by atoms with Gasteiger partial charge in [0.25, 0.3) is 0 Å². The Morgan fingerprint density at radius 3 is 2.54 bits per heavy atom. The number of hydrogen-bond acceptors (Lipinski definition) is 3. The molecule has 1 heterocycles. The first-order valence-corrected chi connectivity index (χ1v) is 9.49. The minimum absolute atomic E-state index is 0.0756. The van der Waals surface area contributed by atoms with Crippen molar-refractivity contribution >= 4 is 17.5 Å². The van der Waals surface area contributed by atoms with Crippen molar-refractivity contribution in [3.63, 3.8) is 0 Å². The highest BCUT2D eigenvalue weighted by atomic mass is 35.5. The van der Waals surface area contributed by atoms with Crippen LogP contribution in [0.15, 0.2) is 42.5 Å². The Morgan fingerprint density at radius 2 is 1.77 bits per heavy atom. The lowest BCUT2D eigenvalue weighted by Crippen LogP contribution is -2.42. The number of ether oxygens (including phenoxy) is 2. The third kappa shape index (κ3) is 3.14. The monoisotopic (exact) mass is 371 g/mol. The van der Waals surface area contributed by atoms with Gasteiger partial charge in [0.2, 0.25) is 5.91 Å². The highest BCUT2D eigenvalue weighted by Gasteiger charge is 2.42. The van der Waals surface area contributed by atoms with Crippen molar-refractivity contribution in [2.45, 2.75) is 37.6 Å². The van der Waals surface area contributed by atoms with Gasteiger partial charge in [-0.15, -0.1) is 0 Å². The summed E-state index contributed by atoms with van der Waals surface area (Å²) in [5.41, 5.74) is 1.53. The summed E-state index contributed by atoms with van der Waals surface area (Å²) in [4.78, 5) is 13.2. The van der Waals surface area contributed by atoms with Crippen molar-refractivity contribution < 1.29 is 14.3 Å². The first kappa shape index (κ1) is 17.2. The van der Waals surface area contributed by atoms with Gasteiger partial charge in [-0.1, -0.05) is 48.7 Å². The first-order valence-electron chi connectivity index (χ1n) is 9.11. The lowest BCUT2D eigenvalue weighted by molar-refractivity contribution is -0.126. The van der Waals surface area contributed by atoms with Crippen LogP contribution in [0.5, 0.6) is 11.5 Å². The van der Waals surface area contributed by atoms with Gasteiger partial charge >= 0.3 is 0 Å². The van der Waals surface area contributed by atoms with E-state index in [-0.39, 0.29) is 5.91 Å². The van der Waals surface area contributed by atoms with E-state index in [2.05, 4.69) is 5.32 Å². The normalized spacial score (nSPS) is 17.7. The quantitative estimate of drug-likeness (QED) is 0.874. The fourth-order valence-electron chi connectivity index (χ4n) is 4.01. The molecule has 0 saturated heterocycles. The topological polar surface area (TPSA) is 47.6 Å². The molecule has 0 spiro atoms. The molecule has 0 aromatic heterocycles. The summed E-state index contributed by atoms with van der Waals surface area (Å²) in [5, 5.41) is 3.83. The van der Waals surface area contributed by atoms with Crippen LogP contribution in [0.3, 0.4) is 0 Å². The van der Waals surface area contributed by atoms with Crippen LogP contribution in [0.2, 0.25) is 5.02 Å². The van der Waals surface area contributed by atoms with Gasteiger partial charge in [-0.25, -0.2) is 0 Å². The zero-order chi connectivity index (χ0) is 18.0. The van der Waals surface area contributed by atoms with Crippen LogP contribution in [0.25, 0.3) is 0 Å². The molecule has 0 atom stereocenters. The molecule has 4 nitrogen and oxygen atoms in total. The molecule has 0 bridgehead atoms. The van der Waals surface area contributed by atoms with Gasteiger partial charge in [-0.05, 0) is 36.6 Å². The minimum Gasteiger partial charge on any atom is -0.486 e. The van der Waals surface area contributed by atoms with E-state index in [1.54, 1.807) is 0 Å². The lowest BCUT2D eigenvalue weighted by atomic mass is 9.78. The van der Waals surface area contributed by atoms with Gasteiger partial charge < -0.3 is 14.8 Å². The molecule has 1 saturated carbocycles. The Bertz CT molecular complexity index is 797. The zero-order valence-corrected chi connectivity index (χ0v) is 15.3. The molecule has 1 N–H and O–H groups in total. The smallest absolute Gasteiger partial charge is 0.230 e. The molecule has 0 radical (unpaired) electrons. The predicted octanol–water partition coefficient (Wildman–Crippen LogP) is 4.24. The third-order valence-electron chi connectivity index (χ3n) is 5.38. The Kier molecular flexibility index (Phi) is 4.77. The molecule has 5 heteroatoms. The summed E-state index contributed by atoms with van der Waals surface area (Å²) in [6, 6.07) is 13.5. The third-order valence-corrected chi connectivity index (χ3v) is 5.63. The average Bonchev–Trinajstić information content (AvgIpc) is 3.18. The van der Waals surface area contributed by atoms with Crippen molar-refractivity contribution in [1.29, 1.82) is 0 Å². The first-order chi connectivity index (χ1) is 12.7. The second kappa shape index (κ2) is 7.20. The Hall–Kier alpha value is -2.20. The molecular formula is C21H22ClNO3. The second-order valence-corrected chi connectivity index (χ2v) is 7.36. The molecule has 136 valence electrons. The number of halogens is 1. The summed E-state index contributed by atoms with van der Waals surface area (Å²) < 4.78 is 11.4. The van der Waals surface area contributed by atoms with Crippen LogP contribution in [0, 0.1) is 0 Å². The fraction of sp³-hybridized carbons (Fsp3) is 0.381. The van der Waals surface area contributed by atoms with Crippen LogP contribution < -0.4 is 14.8 Å². The molecule has 2 aliphatic rings. The van der Waals surface area contributed by atoms with E-state index in [0.29, 0.717) is 24.8 Å². The number of rotatable bonds is 4. The maximum Gasteiger partial charge on any atom is 0.230 e. The van der Waals surface area contributed by atoms with Crippen LogP contribution >= 0.6 is 11.6 Å². The van der Waals surface area contributed by atoms with E-state index in [4.69, 9.17) is 21.1 Å². The van der Waals surface area contributed by atoms with Gasteiger partial charge in [0, 0.05) is 17.1 Å². The minimum atomic E-state index is -0.462. The predicted molar refractivity (Wildman–Crippen MR) is 101 cm³/mol. The van der Waals surface area contributed by atoms with Gasteiger partial charge in [0.1, 0.15) is 13.2 Å². The highest BCUT2D eigenvalue weighted by Crippen LogP contribution is 2.42. The van der Waals surface area contributed by atoms with Crippen molar-refractivity contribution in [3.8, 4) is 11.5 Å². The second-order valence-electron chi connectivity index (χ2n) is 6.92. The number of carbonyl (C=O) groups is 1. The van der Waals surface area contributed by atoms with E-state index in [1.165, 1.54) is 0 Å². The SMILES string of the molecule is O=C(NCc1cccc2c1OCCO2)C1(c2ccc(Cl)cc2)CCCC1. The molecule has 1 fully saturated rings. The Labute approximate surface area is 158 Å². The largest absolute Gasteiger partial charge is 0.486 e. The van der Waals surface area contributed by atoms with Crippen LogP contribution in [0.4, 0.5) is 0 Å². The summed E-state index contributed by atoms with van der Waals surface area (Å²) in [7, 11) is 0. The standard InChI is InChI=1S/C21H22ClNO3/c22-17-8-6-16(7-9-17)21(10-1-2-11-21)20(24)23-14-15-4-3-5-18-19(15)26-13-12-25-18/h3-9H,1-2,10-14H2,(H,23,24). The van der Waals surface area contributed by atoms with Crippen molar-refractivity contribution in [2.24, 2.45) is 0 Å². The van der Waals surface area contributed by atoms with Gasteiger partial charge in [-0.2, -0.15) is 0 Å². The van der Waals surface area contributed by atoms with Gasteiger partial charge in [-0.3, -0.25) is 4.79 Å². The number of hydrogen-bond donors (Lipinski definition) is 1. The van der Waals surface area contributed by atoms with E-state index < -0.39 is 5.41 Å². The number of nitrogens with one attached hydrogen (secondary N) is 1. The maximum atomic E-state index is 13.2. The van der Waals surface area contributed by atoms with E-state index in [9.17, 15) is 4.79 Å². The number of carbonyl (C=O) groups excluding carboxylic acids is 1. The molecule has 1 aliphatic heterocycles. The van der Waals surface area contributed by atoms with Crippen molar-refractivity contribution in [1.82, 2.24) is 5.32 Å². The Morgan fingerprint density at radius 1 is 1.04 bits per heavy atom. The number of para-hydroxylation sites is 1. The summed E-state index contributed by atoms with van der Waals surface area (Å²) in [6.45, 7) is 1.52. The summed E-state index contributed by atoms with van der Waals surface area (Å²) >= 11 is 6.03. The maximum absolute atomic E-state index is 13.2. The van der Waals surface area contributed by atoms with Crippen LogP contribution in [0.1, 0.15) is 36.8 Å². The number of fused-ring (bicyclic) bond motifs is 1. The van der Waals surface area contributed by atoms with Gasteiger partial charge in [0.15, 0.2) is 11.5 Å². The van der Waals surface area contributed by atoms with E-state index in [0.717, 1.165) is 48.3 Å². The molecule has 1 aliphatic carbocycles. The molecule has 4 rings (SSSR count). The highest BCUT2D eigenvalue weighted by molar-refractivity contribution is 6.30. The summed E-state index contributed by atoms with van der Waals surface area (Å²) in [5.74, 6) is 1.56. The summed E-state index contributed by atoms with van der Waals surface area (Å²) in [6.07, 6.45) is 3.86. The molecule has 0 unspecified atom stereocenters. The molecular weight excluding hydrogens is 350 g/mol. The lowest BCUT2D eigenvalue weighted by Gasteiger charge is -2.29. The zero-order valence-electron chi connectivity index (χ0n) is 14.6. The number of amides is 1. The van der Waals surface area contributed by atoms with Crippen molar-refractivity contribution in [3.05, 3.63) is 58.6 Å². The fourth-order valence-corrected chi connectivity index (χ4v) is 4.14.